The summed E-state index contributed by atoms with van der Waals surface area (Å²) in [7, 11) is 0. The Balaban J connectivity index is 0. The zero-order valence-corrected chi connectivity index (χ0v) is 6.53. The predicted molar refractivity (Wildman–Crippen MR) is 17.3 cm³/mol. The summed E-state index contributed by atoms with van der Waals surface area (Å²) in [6.45, 7) is 3.31. The Morgan fingerprint density at radius 3 is 2.00 bits per heavy atom. The summed E-state index contributed by atoms with van der Waals surface area (Å²) in [5.41, 5.74) is 0. The molecule has 0 saturated heterocycles. The minimum absolute atomic E-state index is 0. The van der Waals surface area contributed by atoms with Gasteiger partial charge in [0.25, 0.3) is 0 Å². The van der Waals surface area contributed by atoms with Crippen LogP contribution in [0.1, 0.15) is 0 Å². The molecule has 0 aromatic heterocycles. The third-order valence-corrected chi connectivity index (χ3v) is 0.129. The van der Waals surface area contributed by atoms with Crippen LogP contribution in [-0.4, -0.2) is 11.7 Å². The first kappa shape index (κ1) is 9.13. The summed E-state index contributed by atoms with van der Waals surface area (Å²) >= 11 is 0. The molecule has 1 nitrogen and oxygen atoms in total. The van der Waals surface area contributed by atoms with E-state index in [4.69, 9.17) is 5.11 Å². The molecule has 0 saturated carbocycles. The average molecular weight is 237 g/mol. The molecule has 0 bridgehead atoms. The summed E-state index contributed by atoms with van der Waals surface area (Å²) < 4.78 is 0. The van der Waals surface area contributed by atoms with E-state index >= 15 is 0 Å². The van der Waals surface area contributed by atoms with Crippen molar-refractivity contribution >= 4 is 0 Å². The van der Waals surface area contributed by atoms with Gasteiger partial charge in [0.1, 0.15) is 0 Å². The monoisotopic (exact) mass is 238 g/mol. The molecule has 0 amide bonds. The molecule has 2 heteroatoms. The van der Waals surface area contributed by atoms with Gasteiger partial charge in [-0.15, -0.1) is 6.58 Å². The van der Waals surface area contributed by atoms with E-state index < -0.39 is 0 Å². The fourth-order valence-electron chi connectivity index (χ4n) is 0. The van der Waals surface area contributed by atoms with Gasteiger partial charge in [0.15, 0.2) is 0 Å². The Labute approximate surface area is 50.5 Å². The first-order valence-electron chi connectivity index (χ1n) is 1.13. The summed E-state index contributed by atoms with van der Waals surface area (Å²) in [6.07, 6.45) is 1.43. The van der Waals surface area contributed by atoms with E-state index in [1.807, 2.05) is 0 Å². The van der Waals surface area contributed by atoms with Gasteiger partial charge in [-0.2, -0.15) is 0 Å². The van der Waals surface area contributed by atoms with Gasteiger partial charge in [-0.3, -0.25) is 0 Å². The van der Waals surface area contributed by atoms with Gasteiger partial charge in [-0.05, 0) is 0 Å². The number of hydrogen-bond acceptors (Lipinski definition) is 1. The molecule has 0 aromatic rings. The van der Waals surface area contributed by atoms with Crippen LogP contribution in [0.3, 0.4) is 0 Å². The topological polar surface area (TPSA) is 20.2 Å². The van der Waals surface area contributed by atoms with Gasteiger partial charge in [0.05, 0.1) is 6.61 Å². The summed E-state index contributed by atoms with van der Waals surface area (Å²) in [5, 5.41) is 7.76. The SMILES string of the molecule is C=CCO.[Hf]. The van der Waals surface area contributed by atoms with Crippen molar-refractivity contribution in [1.29, 1.82) is 0 Å². The molecule has 0 heterocycles. The molecule has 0 aromatic carbocycles. The molecule has 0 fully saturated rings. The van der Waals surface area contributed by atoms with Crippen LogP contribution in [0.15, 0.2) is 12.7 Å². The molecule has 0 spiro atoms. The molecule has 0 aliphatic rings. The van der Waals surface area contributed by atoms with Crippen LogP contribution in [0.2, 0.25) is 0 Å². The van der Waals surface area contributed by atoms with Crippen LogP contribution in [0.5, 0.6) is 0 Å². The third kappa shape index (κ3) is 12.2. The van der Waals surface area contributed by atoms with Crippen molar-refractivity contribution in [3.05, 3.63) is 12.7 Å². The Bertz CT molecular complexity index is 20.9. The maximum atomic E-state index is 7.76. The largest absolute Gasteiger partial charge is 0.392 e. The van der Waals surface area contributed by atoms with Crippen molar-refractivity contribution in [2.75, 3.05) is 6.61 Å². The normalized spacial score (nSPS) is 5.00. The molecule has 0 radical (unpaired) electrons. The fourth-order valence-corrected chi connectivity index (χ4v) is 0. The van der Waals surface area contributed by atoms with E-state index in [-0.39, 0.29) is 32.5 Å². The minimum atomic E-state index is 0. The van der Waals surface area contributed by atoms with Crippen LogP contribution in [0.4, 0.5) is 0 Å². The van der Waals surface area contributed by atoms with Crippen molar-refractivity contribution in [2.24, 2.45) is 0 Å². The van der Waals surface area contributed by atoms with E-state index in [0.717, 1.165) is 0 Å². The number of aliphatic hydroxyl groups is 1. The second kappa shape index (κ2) is 8.82. The molecule has 0 unspecified atom stereocenters. The maximum Gasteiger partial charge on any atom is 0.0609 e. The first-order chi connectivity index (χ1) is 1.91. The maximum absolute atomic E-state index is 7.76. The van der Waals surface area contributed by atoms with Crippen LogP contribution in [-0.2, 0) is 25.8 Å². The molecule has 0 rings (SSSR count). The van der Waals surface area contributed by atoms with E-state index in [2.05, 4.69) is 6.58 Å². The summed E-state index contributed by atoms with van der Waals surface area (Å²) in [5.74, 6) is 0. The summed E-state index contributed by atoms with van der Waals surface area (Å²) in [6, 6.07) is 0. The van der Waals surface area contributed by atoms with Gasteiger partial charge in [0, 0.05) is 25.8 Å². The predicted octanol–water partition coefficient (Wildman–Crippen LogP) is 0.162. The Kier molecular flexibility index (Phi) is 16.1. The molecule has 0 atom stereocenters. The van der Waals surface area contributed by atoms with E-state index in [1.165, 1.54) is 6.08 Å². The smallest absolute Gasteiger partial charge is 0.0609 e. The standard InChI is InChI=1S/C3H6O.Hf/c1-2-3-4;/h2,4H,1,3H2;. The molecular weight excluding hydrogens is 231 g/mol. The van der Waals surface area contributed by atoms with E-state index in [0.29, 0.717) is 0 Å². The van der Waals surface area contributed by atoms with E-state index in [9.17, 15) is 0 Å². The summed E-state index contributed by atoms with van der Waals surface area (Å²) in [4.78, 5) is 0. The van der Waals surface area contributed by atoms with Crippen LogP contribution < -0.4 is 0 Å². The van der Waals surface area contributed by atoms with Gasteiger partial charge in [-0.1, -0.05) is 6.08 Å². The van der Waals surface area contributed by atoms with Crippen LogP contribution >= 0.6 is 0 Å². The van der Waals surface area contributed by atoms with Crippen molar-refractivity contribution in [3.63, 3.8) is 0 Å². The Hall–Kier alpha value is 0.570. The average Bonchev–Trinajstić information content (AvgIpc) is 1.37. The third-order valence-electron chi connectivity index (χ3n) is 0.129. The fraction of sp³-hybridized carbons (Fsp3) is 0.333. The van der Waals surface area contributed by atoms with Crippen molar-refractivity contribution < 1.29 is 30.9 Å². The number of hydrogen-bond donors (Lipinski definition) is 1. The molecule has 1 N–H and O–H groups in total. The molecule has 0 aliphatic carbocycles. The van der Waals surface area contributed by atoms with E-state index in [1.54, 1.807) is 0 Å². The van der Waals surface area contributed by atoms with Gasteiger partial charge >= 0.3 is 0 Å². The Morgan fingerprint density at radius 1 is 1.80 bits per heavy atom. The molecule has 5 heavy (non-hydrogen) atoms. The molecule has 28 valence electrons. The van der Waals surface area contributed by atoms with Gasteiger partial charge < -0.3 is 5.11 Å². The van der Waals surface area contributed by atoms with Crippen molar-refractivity contribution in [2.45, 2.75) is 0 Å². The first-order valence-corrected chi connectivity index (χ1v) is 1.13. The number of rotatable bonds is 1. The van der Waals surface area contributed by atoms with Crippen molar-refractivity contribution in [1.82, 2.24) is 0 Å². The van der Waals surface area contributed by atoms with Gasteiger partial charge in [0.2, 0.25) is 0 Å². The second-order valence-corrected chi connectivity index (χ2v) is 0.471. The van der Waals surface area contributed by atoms with Crippen LogP contribution in [0, 0.1) is 0 Å². The zero-order valence-electron chi connectivity index (χ0n) is 2.94. The van der Waals surface area contributed by atoms with Crippen LogP contribution in [0.25, 0.3) is 0 Å². The van der Waals surface area contributed by atoms with Crippen molar-refractivity contribution in [3.8, 4) is 0 Å². The zero-order chi connectivity index (χ0) is 3.41. The van der Waals surface area contributed by atoms with Gasteiger partial charge in [-0.25, -0.2) is 0 Å². The minimum Gasteiger partial charge on any atom is -0.392 e. The molecular formula is C3H6HfO. The molecule has 0 aliphatic heterocycles. The Morgan fingerprint density at radius 2 is 2.00 bits per heavy atom. The quantitative estimate of drug-likeness (QED) is 0.508. The number of aliphatic hydroxyl groups excluding tert-OH is 1. The second-order valence-electron chi connectivity index (χ2n) is 0.471.